The monoisotopic (exact) mass is 267 g/mol. The average molecular weight is 267 g/mol. The predicted octanol–water partition coefficient (Wildman–Crippen LogP) is 0.548. The zero-order valence-electron chi connectivity index (χ0n) is 10.3. The lowest BCUT2D eigenvalue weighted by Gasteiger charge is -2.30. The molecule has 0 saturated carbocycles. The summed E-state index contributed by atoms with van der Waals surface area (Å²) in [5, 5.41) is 7.61. The summed E-state index contributed by atoms with van der Waals surface area (Å²) in [6.07, 6.45) is 0. The highest BCUT2D eigenvalue weighted by molar-refractivity contribution is 7.85. The predicted molar refractivity (Wildman–Crippen MR) is 74.1 cm³/mol. The number of benzene rings is 1. The highest BCUT2D eigenvalue weighted by Gasteiger charge is 2.19. The van der Waals surface area contributed by atoms with Crippen LogP contribution in [0, 0.1) is 5.41 Å². The molecule has 0 spiro atoms. The number of hydrogen-bond acceptors (Lipinski definition) is 4. The van der Waals surface area contributed by atoms with Crippen LogP contribution in [0.5, 0.6) is 5.75 Å². The zero-order chi connectivity index (χ0) is 13.1. The number of amidine groups is 1. The van der Waals surface area contributed by atoms with E-state index in [1.807, 2.05) is 6.07 Å². The third-order valence-electron chi connectivity index (χ3n) is 3.01. The fourth-order valence-electron chi connectivity index (χ4n) is 2.01. The van der Waals surface area contributed by atoms with Gasteiger partial charge in [0, 0.05) is 47.0 Å². The van der Waals surface area contributed by atoms with Crippen LogP contribution in [0.25, 0.3) is 0 Å². The molecule has 2 rings (SSSR count). The third-order valence-corrected chi connectivity index (χ3v) is 4.29. The number of nitrogen functional groups attached to an aromatic ring is 1. The van der Waals surface area contributed by atoms with Crippen LogP contribution in [0.4, 0.5) is 5.69 Å². The lowest BCUT2D eigenvalue weighted by molar-refractivity contribution is 0.415. The van der Waals surface area contributed by atoms with Crippen molar-refractivity contribution >= 4 is 22.3 Å². The van der Waals surface area contributed by atoms with Crippen LogP contribution in [0.3, 0.4) is 0 Å². The fourth-order valence-corrected chi connectivity index (χ4v) is 3.06. The number of anilines is 1. The van der Waals surface area contributed by atoms with Crippen LogP contribution < -0.4 is 15.4 Å². The number of methoxy groups -OCH3 is 1. The van der Waals surface area contributed by atoms with Crippen LogP contribution >= 0.6 is 0 Å². The molecule has 1 fully saturated rings. The minimum Gasteiger partial charge on any atom is -0.497 e. The molecule has 0 bridgehead atoms. The molecule has 1 heterocycles. The van der Waals surface area contributed by atoms with Gasteiger partial charge >= 0.3 is 0 Å². The maximum atomic E-state index is 11.4. The van der Waals surface area contributed by atoms with E-state index in [0.717, 1.165) is 24.5 Å². The molecule has 0 aliphatic carbocycles. The maximum Gasteiger partial charge on any atom is 0.124 e. The van der Waals surface area contributed by atoms with Gasteiger partial charge in [-0.05, 0) is 12.1 Å². The van der Waals surface area contributed by atoms with E-state index in [2.05, 4.69) is 4.90 Å². The van der Waals surface area contributed by atoms with E-state index in [1.165, 1.54) is 0 Å². The summed E-state index contributed by atoms with van der Waals surface area (Å²) in [6.45, 7) is 1.44. The highest BCUT2D eigenvalue weighted by Crippen LogP contribution is 2.26. The van der Waals surface area contributed by atoms with Gasteiger partial charge in [-0.1, -0.05) is 0 Å². The van der Waals surface area contributed by atoms with Crippen LogP contribution in [0.15, 0.2) is 18.2 Å². The molecule has 1 saturated heterocycles. The number of hydrogen-bond donors (Lipinski definition) is 2. The van der Waals surface area contributed by atoms with E-state index in [9.17, 15) is 4.21 Å². The summed E-state index contributed by atoms with van der Waals surface area (Å²) >= 11 is 0. The van der Waals surface area contributed by atoms with Crippen molar-refractivity contribution in [2.75, 3.05) is 36.6 Å². The van der Waals surface area contributed by atoms with Crippen molar-refractivity contribution in [1.82, 2.24) is 0 Å². The van der Waals surface area contributed by atoms with Gasteiger partial charge in [-0.2, -0.15) is 0 Å². The third kappa shape index (κ3) is 2.64. The van der Waals surface area contributed by atoms with Crippen molar-refractivity contribution in [2.45, 2.75) is 0 Å². The zero-order valence-corrected chi connectivity index (χ0v) is 11.1. The molecule has 5 nitrogen and oxygen atoms in total. The minimum atomic E-state index is -0.717. The van der Waals surface area contributed by atoms with Gasteiger partial charge in [-0.15, -0.1) is 0 Å². The van der Waals surface area contributed by atoms with E-state index in [-0.39, 0.29) is 5.84 Å². The van der Waals surface area contributed by atoms with Gasteiger partial charge in [0.15, 0.2) is 0 Å². The average Bonchev–Trinajstić information content (AvgIpc) is 2.38. The second kappa shape index (κ2) is 5.39. The van der Waals surface area contributed by atoms with Crippen molar-refractivity contribution in [2.24, 2.45) is 5.73 Å². The Bertz CT molecular complexity index is 480. The molecule has 98 valence electrons. The molecule has 6 heteroatoms. The lowest BCUT2D eigenvalue weighted by Crippen LogP contribution is -2.38. The number of nitrogens with zero attached hydrogens (tertiary/aromatic N) is 1. The van der Waals surface area contributed by atoms with Crippen LogP contribution in [-0.4, -0.2) is 41.7 Å². The summed E-state index contributed by atoms with van der Waals surface area (Å²) in [6, 6.07) is 5.47. The molecule has 3 N–H and O–H groups in total. The van der Waals surface area contributed by atoms with Crippen LogP contribution in [0.1, 0.15) is 5.56 Å². The van der Waals surface area contributed by atoms with Crippen molar-refractivity contribution in [3.05, 3.63) is 23.8 Å². The molecule has 1 aromatic carbocycles. The van der Waals surface area contributed by atoms with Gasteiger partial charge < -0.3 is 15.4 Å². The van der Waals surface area contributed by atoms with Crippen molar-refractivity contribution in [3.63, 3.8) is 0 Å². The molecule has 1 aliphatic heterocycles. The smallest absolute Gasteiger partial charge is 0.124 e. The largest absolute Gasteiger partial charge is 0.497 e. The minimum absolute atomic E-state index is 0.0411. The van der Waals surface area contributed by atoms with E-state index in [0.29, 0.717) is 17.1 Å². The first-order valence-corrected chi connectivity index (χ1v) is 7.23. The second-order valence-corrected chi connectivity index (χ2v) is 5.83. The van der Waals surface area contributed by atoms with Crippen molar-refractivity contribution in [1.29, 1.82) is 5.41 Å². The second-order valence-electron chi connectivity index (χ2n) is 4.13. The summed E-state index contributed by atoms with van der Waals surface area (Å²) in [5.74, 6) is 2.10. The van der Waals surface area contributed by atoms with E-state index < -0.39 is 10.8 Å². The highest BCUT2D eigenvalue weighted by atomic mass is 32.2. The standard InChI is InChI=1S/C12H17N3O2S/c1-17-9-2-3-10(12(13)14)11(8-9)15-4-6-18(16)7-5-15/h2-3,8H,4-7H2,1H3,(H3,13,14). The fraction of sp³-hybridized carbons (Fsp3) is 0.417. The van der Waals surface area contributed by atoms with Gasteiger partial charge in [0.2, 0.25) is 0 Å². The van der Waals surface area contributed by atoms with Gasteiger partial charge in [0.25, 0.3) is 0 Å². The normalized spacial score (nSPS) is 16.6. The first-order valence-electron chi connectivity index (χ1n) is 5.74. The van der Waals surface area contributed by atoms with E-state index in [4.69, 9.17) is 15.9 Å². The van der Waals surface area contributed by atoms with Gasteiger partial charge in [0.05, 0.1) is 12.8 Å². The Morgan fingerprint density at radius 3 is 2.67 bits per heavy atom. The number of nitrogens with two attached hydrogens (primary N) is 1. The first-order chi connectivity index (χ1) is 8.61. The van der Waals surface area contributed by atoms with Gasteiger partial charge in [-0.25, -0.2) is 0 Å². The molecule has 0 atom stereocenters. The molecule has 0 unspecified atom stereocenters. The first kappa shape index (κ1) is 12.9. The maximum absolute atomic E-state index is 11.4. The summed E-state index contributed by atoms with van der Waals surface area (Å²) < 4.78 is 16.6. The molecule has 18 heavy (non-hydrogen) atoms. The van der Waals surface area contributed by atoms with Crippen LogP contribution in [-0.2, 0) is 10.8 Å². The SMILES string of the molecule is COc1ccc(C(=N)N)c(N2CCS(=O)CC2)c1. The quantitative estimate of drug-likeness (QED) is 0.619. The Balaban J connectivity index is 2.34. The van der Waals surface area contributed by atoms with E-state index >= 15 is 0 Å². The summed E-state index contributed by atoms with van der Waals surface area (Å²) in [4.78, 5) is 2.11. The molecule has 1 aliphatic rings. The Kier molecular flexibility index (Phi) is 3.86. The van der Waals surface area contributed by atoms with Gasteiger partial charge in [0.1, 0.15) is 11.6 Å². The molecule has 0 amide bonds. The summed E-state index contributed by atoms with van der Waals surface area (Å²) in [5.41, 5.74) is 7.18. The Morgan fingerprint density at radius 2 is 2.11 bits per heavy atom. The Morgan fingerprint density at radius 1 is 1.44 bits per heavy atom. The molecule has 0 radical (unpaired) electrons. The Labute approximate surface area is 109 Å². The number of nitrogens with one attached hydrogen (secondary N) is 1. The van der Waals surface area contributed by atoms with Crippen molar-refractivity contribution in [3.8, 4) is 5.75 Å². The topological polar surface area (TPSA) is 79.4 Å². The summed E-state index contributed by atoms with van der Waals surface area (Å²) in [7, 11) is 0.892. The molecular formula is C12H17N3O2S. The van der Waals surface area contributed by atoms with E-state index in [1.54, 1.807) is 19.2 Å². The molecule has 1 aromatic rings. The van der Waals surface area contributed by atoms with Crippen LogP contribution in [0.2, 0.25) is 0 Å². The Hall–Kier alpha value is -1.56. The number of rotatable bonds is 3. The van der Waals surface area contributed by atoms with Gasteiger partial charge in [-0.3, -0.25) is 9.62 Å². The van der Waals surface area contributed by atoms with Crippen molar-refractivity contribution < 1.29 is 8.95 Å². The molecular weight excluding hydrogens is 250 g/mol. The molecule has 0 aromatic heterocycles. The number of ether oxygens (including phenoxy) is 1. The lowest BCUT2D eigenvalue weighted by atomic mass is 10.1.